The van der Waals surface area contributed by atoms with Crippen molar-refractivity contribution in [3.63, 3.8) is 0 Å². The SMILES string of the molecule is Cn1nc2ccc(B(O)O)c(Cl)c2c1Cl. The minimum Gasteiger partial charge on any atom is -0.423 e. The molecule has 0 saturated heterocycles. The van der Waals surface area contributed by atoms with E-state index in [-0.39, 0.29) is 10.5 Å². The van der Waals surface area contributed by atoms with Gasteiger partial charge in [-0.15, -0.1) is 0 Å². The van der Waals surface area contributed by atoms with Crippen LogP contribution in [0, 0.1) is 0 Å². The molecule has 2 aromatic rings. The largest absolute Gasteiger partial charge is 0.489 e. The van der Waals surface area contributed by atoms with E-state index < -0.39 is 7.12 Å². The van der Waals surface area contributed by atoms with E-state index in [4.69, 9.17) is 33.2 Å². The second kappa shape index (κ2) is 3.68. The highest BCUT2D eigenvalue weighted by molar-refractivity contribution is 6.64. The minimum atomic E-state index is -1.61. The summed E-state index contributed by atoms with van der Waals surface area (Å²) in [6.07, 6.45) is 0. The summed E-state index contributed by atoms with van der Waals surface area (Å²) in [6, 6.07) is 3.15. The Hall–Kier alpha value is -0.745. The molecule has 0 fully saturated rings. The third-order valence-electron chi connectivity index (χ3n) is 2.18. The molecule has 15 heavy (non-hydrogen) atoms. The molecule has 78 valence electrons. The third kappa shape index (κ3) is 1.61. The number of nitrogens with zero attached hydrogens (tertiary/aromatic N) is 2. The van der Waals surface area contributed by atoms with E-state index in [1.807, 2.05) is 0 Å². The summed E-state index contributed by atoms with van der Waals surface area (Å²) in [5.74, 6) is 0. The summed E-state index contributed by atoms with van der Waals surface area (Å²) in [5, 5.41) is 23.4. The van der Waals surface area contributed by atoms with Gasteiger partial charge in [-0.1, -0.05) is 29.3 Å². The van der Waals surface area contributed by atoms with Crippen LogP contribution in [0.1, 0.15) is 0 Å². The van der Waals surface area contributed by atoms with Crippen LogP contribution in [-0.2, 0) is 7.05 Å². The fourth-order valence-corrected chi connectivity index (χ4v) is 2.05. The van der Waals surface area contributed by atoms with E-state index in [2.05, 4.69) is 5.10 Å². The summed E-state index contributed by atoms with van der Waals surface area (Å²) in [7, 11) is 0.0754. The predicted octanol–water partition coefficient (Wildman–Crippen LogP) is 0.560. The number of fused-ring (bicyclic) bond motifs is 1. The Balaban J connectivity index is 2.82. The molecule has 1 aromatic carbocycles. The Morgan fingerprint density at radius 2 is 2.00 bits per heavy atom. The molecule has 0 aliphatic rings. The second-order valence-corrected chi connectivity index (χ2v) is 3.89. The summed E-state index contributed by atoms with van der Waals surface area (Å²) >= 11 is 12.0. The van der Waals surface area contributed by atoms with Gasteiger partial charge in [0.25, 0.3) is 0 Å². The van der Waals surface area contributed by atoms with E-state index in [1.165, 1.54) is 10.7 Å². The smallest absolute Gasteiger partial charge is 0.423 e. The average molecular weight is 245 g/mol. The first-order valence-corrected chi connectivity index (χ1v) is 4.94. The molecule has 0 bridgehead atoms. The number of aryl methyl sites for hydroxylation is 1. The van der Waals surface area contributed by atoms with Crippen molar-refractivity contribution >= 4 is 46.7 Å². The van der Waals surface area contributed by atoms with Crippen molar-refractivity contribution in [1.29, 1.82) is 0 Å². The van der Waals surface area contributed by atoms with Crippen LogP contribution in [0.5, 0.6) is 0 Å². The highest BCUT2D eigenvalue weighted by Gasteiger charge is 2.20. The average Bonchev–Trinajstić information content (AvgIpc) is 2.43. The summed E-state index contributed by atoms with van der Waals surface area (Å²) in [5.41, 5.74) is 0.843. The van der Waals surface area contributed by atoms with Gasteiger partial charge in [-0.3, -0.25) is 4.68 Å². The van der Waals surface area contributed by atoms with Gasteiger partial charge in [-0.25, -0.2) is 0 Å². The van der Waals surface area contributed by atoms with Crippen LogP contribution in [0.4, 0.5) is 0 Å². The van der Waals surface area contributed by atoms with Crippen molar-refractivity contribution in [3.05, 3.63) is 22.3 Å². The van der Waals surface area contributed by atoms with E-state index in [9.17, 15) is 0 Å². The van der Waals surface area contributed by atoms with Gasteiger partial charge >= 0.3 is 7.12 Å². The van der Waals surface area contributed by atoms with Crippen LogP contribution in [-0.4, -0.2) is 26.9 Å². The number of hydrogen-bond donors (Lipinski definition) is 2. The minimum absolute atomic E-state index is 0.221. The van der Waals surface area contributed by atoms with E-state index >= 15 is 0 Å². The van der Waals surface area contributed by atoms with Gasteiger partial charge in [0.05, 0.1) is 15.9 Å². The number of benzene rings is 1. The molecule has 0 atom stereocenters. The molecule has 0 spiro atoms. The Morgan fingerprint density at radius 1 is 1.33 bits per heavy atom. The van der Waals surface area contributed by atoms with E-state index in [0.29, 0.717) is 16.1 Å². The first-order chi connectivity index (χ1) is 7.02. The lowest BCUT2D eigenvalue weighted by Gasteiger charge is -2.02. The molecular weight excluding hydrogens is 238 g/mol. The molecule has 4 nitrogen and oxygen atoms in total. The van der Waals surface area contributed by atoms with E-state index in [1.54, 1.807) is 13.1 Å². The zero-order valence-electron chi connectivity index (χ0n) is 7.78. The molecule has 0 unspecified atom stereocenters. The van der Waals surface area contributed by atoms with Gasteiger partial charge in [-0.2, -0.15) is 5.10 Å². The van der Waals surface area contributed by atoms with Gasteiger partial charge in [0.1, 0.15) is 5.15 Å². The molecule has 2 rings (SSSR count). The number of halogens is 2. The number of hydrogen-bond acceptors (Lipinski definition) is 3. The molecular formula is C8H7BCl2N2O2. The normalized spacial score (nSPS) is 11.0. The molecule has 0 amide bonds. The lowest BCUT2D eigenvalue weighted by atomic mass is 9.80. The first kappa shape index (κ1) is 10.8. The molecule has 7 heteroatoms. The molecule has 0 saturated carbocycles. The van der Waals surface area contributed by atoms with Gasteiger partial charge in [0.2, 0.25) is 0 Å². The van der Waals surface area contributed by atoms with Crippen molar-refractivity contribution in [2.24, 2.45) is 7.05 Å². The van der Waals surface area contributed by atoms with Crippen LogP contribution >= 0.6 is 23.2 Å². The fraction of sp³-hybridized carbons (Fsp3) is 0.125. The van der Waals surface area contributed by atoms with Crippen LogP contribution in [0.25, 0.3) is 10.9 Å². The molecule has 2 N–H and O–H groups in total. The maximum Gasteiger partial charge on any atom is 0.489 e. The quantitative estimate of drug-likeness (QED) is 0.721. The zero-order chi connectivity index (χ0) is 11.2. The highest BCUT2D eigenvalue weighted by atomic mass is 35.5. The van der Waals surface area contributed by atoms with Crippen molar-refractivity contribution in [2.75, 3.05) is 0 Å². The lowest BCUT2D eigenvalue weighted by Crippen LogP contribution is -2.30. The first-order valence-electron chi connectivity index (χ1n) is 4.19. The summed E-state index contributed by atoms with van der Waals surface area (Å²) in [6.45, 7) is 0. The maximum absolute atomic E-state index is 9.06. The lowest BCUT2D eigenvalue weighted by molar-refractivity contribution is 0.426. The van der Waals surface area contributed by atoms with E-state index in [0.717, 1.165) is 0 Å². The standard InChI is InChI=1S/C8H7BCl2N2O2/c1-13-8(11)6-5(12-13)3-2-4(7(6)10)9(14)15/h2-3,14-15H,1H3. The molecule has 1 aromatic heterocycles. The monoisotopic (exact) mass is 244 g/mol. The van der Waals surface area contributed by atoms with Crippen molar-refractivity contribution in [1.82, 2.24) is 9.78 Å². The van der Waals surface area contributed by atoms with Crippen LogP contribution in [0.15, 0.2) is 12.1 Å². The Kier molecular flexibility index (Phi) is 2.64. The zero-order valence-corrected chi connectivity index (χ0v) is 9.29. The Bertz CT molecular complexity index is 527. The van der Waals surface area contributed by atoms with Crippen molar-refractivity contribution in [3.8, 4) is 0 Å². The second-order valence-electron chi connectivity index (χ2n) is 3.15. The molecule has 0 aliphatic heterocycles. The maximum atomic E-state index is 9.06. The molecule has 1 heterocycles. The predicted molar refractivity (Wildman–Crippen MR) is 60.6 cm³/mol. The van der Waals surface area contributed by atoms with Crippen molar-refractivity contribution in [2.45, 2.75) is 0 Å². The number of rotatable bonds is 1. The molecule has 0 radical (unpaired) electrons. The Labute approximate surface area is 96.2 Å². The topological polar surface area (TPSA) is 58.3 Å². The number of aromatic nitrogens is 2. The van der Waals surface area contributed by atoms with Crippen molar-refractivity contribution < 1.29 is 10.0 Å². The van der Waals surface area contributed by atoms with Crippen LogP contribution in [0.3, 0.4) is 0 Å². The fourth-order valence-electron chi connectivity index (χ4n) is 1.43. The highest BCUT2D eigenvalue weighted by Crippen LogP contribution is 2.28. The van der Waals surface area contributed by atoms with Crippen LogP contribution in [0.2, 0.25) is 10.2 Å². The summed E-state index contributed by atoms with van der Waals surface area (Å²) < 4.78 is 1.48. The van der Waals surface area contributed by atoms with Gasteiger partial charge in [0, 0.05) is 12.5 Å². The van der Waals surface area contributed by atoms with Gasteiger partial charge < -0.3 is 10.0 Å². The third-order valence-corrected chi connectivity index (χ3v) is 3.02. The van der Waals surface area contributed by atoms with Gasteiger partial charge in [0.15, 0.2) is 0 Å². The summed E-state index contributed by atoms with van der Waals surface area (Å²) in [4.78, 5) is 0. The Morgan fingerprint density at radius 3 is 2.60 bits per heavy atom. The van der Waals surface area contributed by atoms with Gasteiger partial charge in [-0.05, 0) is 6.07 Å². The van der Waals surface area contributed by atoms with Crippen LogP contribution < -0.4 is 5.46 Å². The molecule has 0 aliphatic carbocycles.